The molecule has 2 aliphatic rings. The zero-order valence-corrected chi connectivity index (χ0v) is 33.1. The Hall–Kier alpha value is -1.68. The van der Waals surface area contributed by atoms with Crippen LogP contribution < -0.4 is 10.6 Å². The fourth-order valence-corrected chi connectivity index (χ4v) is 5.96. The van der Waals surface area contributed by atoms with Crippen molar-refractivity contribution >= 4 is 34.6 Å². The summed E-state index contributed by atoms with van der Waals surface area (Å²) < 4.78 is 0. The molecule has 2 atom stereocenters. The van der Waals surface area contributed by atoms with Crippen LogP contribution in [0.1, 0.15) is 90.6 Å². The van der Waals surface area contributed by atoms with E-state index in [-0.39, 0.29) is 57.9 Å². The Balaban J connectivity index is 0.00000256. The van der Waals surface area contributed by atoms with E-state index in [0.29, 0.717) is 19.5 Å². The number of thiazole rings is 1. The molecule has 1 aliphatic carbocycles. The van der Waals surface area contributed by atoms with Gasteiger partial charge in [0, 0.05) is 45.8 Å². The summed E-state index contributed by atoms with van der Waals surface area (Å²) in [6.07, 6.45) is 13.3. The number of unbranched alkanes of at least 4 members (excludes halogenated alkanes) is 2. The van der Waals surface area contributed by atoms with Crippen molar-refractivity contribution in [3.05, 3.63) is 60.3 Å². The number of likely N-dealkylation sites (N-methyl/N-ethyl adjacent to an activating group) is 1. The Labute approximate surface area is 302 Å². The van der Waals surface area contributed by atoms with Crippen molar-refractivity contribution in [3.8, 4) is 0 Å². The molecule has 1 aromatic heterocycles. The van der Waals surface area contributed by atoms with Crippen molar-refractivity contribution in [3.63, 3.8) is 0 Å². The first-order valence-electron chi connectivity index (χ1n) is 15.5. The number of carbonyl (C=O) groups is 3. The molecular formula is C35H57N5O3SY-2. The topological polar surface area (TPSA) is 94.6 Å². The molecule has 0 bridgehead atoms. The molecule has 1 saturated carbocycles. The molecular weight excluding hydrogens is 659 g/mol. The van der Waals surface area contributed by atoms with Crippen LogP contribution in [0, 0.1) is 26.2 Å². The minimum Gasteiger partial charge on any atom is -0.358 e. The molecule has 1 aromatic rings. The van der Waals surface area contributed by atoms with Crippen molar-refractivity contribution < 1.29 is 47.1 Å². The molecule has 0 spiro atoms. The molecule has 1 unspecified atom stereocenters. The summed E-state index contributed by atoms with van der Waals surface area (Å²) in [7, 11) is 3.79. The van der Waals surface area contributed by atoms with Crippen molar-refractivity contribution in [1.82, 2.24) is 25.4 Å². The Kier molecular flexibility index (Phi) is 19.1. The number of aryl methyl sites for hydroxylation is 1. The number of nitrogens with zero attached hydrogens (tertiary/aromatic N) is 3. The summed E-state index contributed by atoms with van der Waals surface area (Å²) in [6.45, 7) is 18.9. The molecule has 251 valence electrons. The first-order chi connectivity index (χ1) is 20.2. The van der Waals surface area contributed by atoms with E-state index in [1.165, 1.54) is 12.8 Å². The molecule has 3 amide bonds. The second-order valence-electron chi connectivity index (χ2n) is 12.8. The van der Waals surface area contributed by atoms with Crippen LogP contribution in [0.2, 0.25) is 0 Å². The third-order valence-electron chi connectivity index (χ3n) is 8.19. The number of allylic oxidation sites excluding steroid dienone is 3. The van der Waals surface area contributed by atoms with Crippen molar-refractivity contribution in [1.29, 1.82) is 0 Å². The van der Waals surface area contributed by atoms with Crippen molar-refractivity contribution in [2.45, 2.75) is 105 Å². The number of aromatic nitrogens is 1. The Morgan fingerprint density at radius 1 is 1.22 bits per heavy atom. The minimum absolute atomic E-state index is 0. The van der Waals surface area contributed by atoms with Crippen LogP contribution in [-0.2, 0) is 47.1 Å². The van der Waals surface area contributed by atoms with Crippen LogP contribution in [0.25, 0.3) is 5.57 Å². The van der Waals surface area contributed by atoms with Crippen LogP contribution >= 0.6 is 11.3 Å². The molecule has 3 rings (SSSR count). The monoisotopic (exact) mass is 716 g/mol. The maximum Gasteiger partial charge on any atom is 0.246 e. The summed E-state index contributed by atoms with van der Waals surface area (Å²) in [5.41, 5.74) is 3.75. The quantitative estimate of drug-likeness (QED) is 0.200. The molecule has 0 aromatic carbocycles. The first-order valence-corrected chi connectivity index (χ1v) is 16.4. The number of likely N-dealkylation sites (tertiary alicyclic amines) is 1. The molecule has 1 radical (unpaired) electrons. The summed E-state index contributed by atoms with van der Waals surface area (Å²) in [5, 5.41) is 6.04. The van der Waals surface area contributed by atoms with Crippen molar-refractivity contribution in [2.75, 3.05) is 27.2 Å². The minimum atomic E-state index is -0.715. The van der Waals surface area contributed by atoms with Gasteiger partial charge in [0.15, 0.2) is 0 Å². The first kappa shape index (κ1) is 43.3. The van der Waals surface area contributed by atoms with Crippen molar-refractivity contribution in [2.24, 2.45) is 5.41 Å². The number of rotatable bonds is 12. The van der Waals surface area contributed by atoms with Gasteiger partial charge in [-0.25, -0.2) is 4.98 Å². The maximum atomic E-state index is 13.7. The largest absolute Gasteiger partial charge is 0.358 e. The summed E-state index contributed by atoms with van der Waals surface area (Å²) in [6, 6.07) is -1.27. The van der Waals surface area contributed by atoms with Gasteiger partial charge in [0.2, 0.25) is 17.7 Å². The molecule has 1 aliphatic heterocycles. The van der Waals surface area contributed by atoms with Crippen LogP contribution in [0.15, 0.2) is 35.9 Å². The number of nitrogens with one attached hydrogen (secondary N) is 2. The normalized spacial score (nSPS) is 18.1. The molecule has 2 fully saturated rings. The van der Waals surface area contributed by atoms with Crippen LogP contribution in [0.5, 0.6) is 0 Å². The van der Waals surface area contributed by atoms with Crippen LogP contribution in [0.3, 0.4) is 0 Å². The fourth-order valence-electron chi connectivity index (χ4n) is 5.16. The number of amides is 3. The molecule has 2 heterocycles. The summed E-state index contributed by atoms with van der Waals surface area (Å²) in [4.78, 5) is 49.1. The average molecular weight is 717 g/mol. The van der Waals surface area contributed by atoms with Gasteiger partial charge in [0.25, 0.3) is 0 Å². The molecule has 10 heteroatoms. The molecule has 45 heavy (non-hydrogen) atoms. The third-order valence-corrected chi connectivity index (χ3v) is 9.25. The Bertz CT molecular complexity index is 1180. The summed E-state index contributed by atoms with van der Waals surface area (Å²) in [5.74, 6) is -0.502. The van der Waals surface area contributed by atoms with E-state index in [1.807, 2.05) is 71.3 Å². The van der Waals surface area contributed by atoms with Crippen LogP contribution in [-0.4, -0.2) is 77.3 Å². The second-order valence-corrected chi connectivity index (χ2v) is 13.6. The van der Waals surface area contributed by atoms with Gasteiger partial charge >= 0.3 is 0 Å². The van der Waals surface area contributed by atoms with Gasteiger partial charge in [0.1, 0.15) is 12.1 Å². The predicted octanol–water partition coefficient (Wildman–Crippen LogP) is 6.16. The predicted molar refractivity (Wildman–Crippen MR) is 185 cm³/mol. The van der Waals surface area contributed by atoms with E-state index in [4.69, 9.17) is 0 Å². The standard InChI is InChI=1S/C29H43N5O3S.C5H11.CH3.Y/c1-9-21(13-12-19(2)23-20(3)31-18-38-23)17-30-25(35)22-11-10-16-34(22)26(36)24(28(4,5)6)32-27(37)29(14-15-29)33(7)8;1-3-5-4-2;;/h9,12-13,18,22,24H,1,10-11,14-17H2,2-8H3,(H,30,35)(H,32,37);5H,3-4H2,1-2H3;1H3;/q;2*-1;/b19-12+,21-13+;;;/t22?,24-;;;/m1.../s1. The maximum absolute atomic E-state index is 13.7. The third kappa shape index (κ3) is 12.1. The van der Waals surface area contributed by atoms with Gasteiger partial charge in [-0.05, 0) is 70.2 Å². The number of hydrogen-bond acceptors (Lipinski definition) is 6. The van der Waals surface area contributed by atoms with Crippen LogP contribution in [0.4, 0.5) is 0 Å². The van der Waals surface area contributed by atoms with E-state index >= 15 is 0 Å². The SMILES string of the molecule is C=C/C(=C\C=C(/C)c1scnc1C)CNC(=O)C1CCCN1C(=O)[C@@H](NC(=O)C1(N(C)C)CC1)C(C)(C)C.CC[CH-]CC.[CH3-].[Y]. The van der Waals surface area contributed by atoms with Gasteiger partial charge in [-0.15, -0.1) is 11.3 Å². The molecule has 1 saturated heterocycles. The van der Waals surface area contributed by atoms with E-state index in [2.05, 4.69) is 42.5 Å². The van der Waals surface area contributed by atoms with Gasteiger partial charge in [-0.2, -0.15) is 12.8 Å². The molecule has 8 nitrogen and oxygen atoms in total. The zero-order valence-electron chi connectivity index (χ0n) is 29.5. The van der Waals surface area contributed by atoms with E-state index in [9.17, 15) is 14.4 Å². The van der Waals surface area contributed by atoms with E-state index in [1.54, 1.807) is 22.3 Å². The Morgan fingerprint density at radius 2 is 1.84 bits per heavy atom. The van der Waals surface area contributed by atoms with Gasteiger partial charge in [-0.3, -0.25) is 19.3 Å². The van der Waals surface area contributed by atoms with E-state index < -0.39 is 23.0 Å². The average Bonchev–Trinajstić information content (AvgIpc) is 3.43. The fraction of sp³-hybridized carbons (Fsp3) is 0.600. The summed E-state index contributed by atoms with van der Waals surface area (Å²) >= 11 is 1.60. The van der Waals surface area contributed by atoms with Gasteiger partial charge in [-0.1, -0.05) is 59.4 Å². The smallest absolute Gasteiger partial charge is 0.246 e. The second kappa shape index (κ2) is 19.9. The molecule has 2 N–H and O–H groups in total. The zero-order chi connectivity index (χ0) is 32.4. The van der Waals surface area contributed by atoms with Gasteiger partial charge in [0.05, 0.1) is 21.6 Å². The van der Waals surface area contributed by atoms with Gasteiger partial charge < -0.3 is 29.4 Å². The van der Waals surface area contributed by atoms with E-state index in [0.717, 1.165) is 41.0 Å². The number of hydrogen-bond donors (Lipinski definition) is 2. The number of carbonyl (C=O) groups excluding carboxylic acids is 3. The Morgan fingerprint density at radius 3 is 2.29 bits per heavy atom.